The van der Waals surface area contributed by atoms with E-state index in [1.165, 1.54) is 0 Å². The molecule has 1 amide bonds. The molecule has 1 unspecified atom stereocenters. The van der Waals surface area contributed by atoms with E-state index in [1.54, 1.807) is 6.92 Å². The molecule has 1 rings (SSSR count). The Hall–Kier alpha value is -1.08. The topological polar surface area (TPSA) is 62.1 Å². The lowest BCUT2D eigenvalue weighted by Crippen LogP contribution is -2.53. The summed E-state index contributed by atoms with van der Waals surface area (Å²) in [6.45, 7) is 6.90. The van der Waals surface area contributed by atoms with Crippen LogP contribution >= 0.6 is 0 Å². The first-order valence-electron chi connectivity index (χ1n) is 5.77. The number of nitrogens with one attached hydrogen (secondary N) is 1. The van der Waals surface area contributed by atoms with E-state index in [1.807, 2.05) is 13.8 Å². The van der Waals surface area contributed by atoms with E-state index < -0.39 is 5.41 Å². The van der Waals surface area contributed by atoms with Gasteiger partial charge in [0.15, 0.2) is 0 Å². The molecule has 0 aromatic carbocycles. The molecule has 0 bridgehead atoms. The summed E-state index contributed by atoms with van der Waals surface area (Å²) in [5.41, 5.74) is -1.13. The molecular weight excluding hydrogens is 204 g/mol. The first-order chi connectivity index (χ1) is 7.46. The van der Waals surface area contributed by atoms with Crippen LogP contribution in [0.3, 0.4) is 0 Å². The number of rotatable bonds is 3. The van der Waals surface area contributed by atoms with Crippen molar-refractivity contribution in [3.05, 3.63) is 0 Å². The highest BCUT2D eigenvalue weighted by atomic mass is 16.5. The standard InChI is InChI=1S/C12H20N2O2/c1-4-11(2,9-13)10(15)14-12(3)5-7-16-8-6-12/h4-8H2,1-3H3,(H,14,15). The van der Waals surface area contributed by atoms with Crippen molar-refractivity contribution in [3.8, 4) is 6.07 Å². The maximum Gasteiger partial charge on any atom is 0.240 e. The van der Waals surface area contributed by atoms with Crippen molar-refractivity contribution < 1.29 is 9.53 Å². The van der Waals surface area contributed by atoms with Gasteiger partial charge in [-0.3, -0.25) is 4.79 Å². The van der Waals surface area contributed by atoms with Gasteiger partial charge in [-0.1, -0.05) is 6.92 Å². The summed E-state index contributed by atoms with van der Waals surface area (Å²) >= 11 is 0. The van der Waals surface area contributed by atoms with E-state index in [4.69, 9.17) is 10.00 Å². The Bertz CT molecular complexity index is 303. The molecule has 90 valence electrons. The van der Waals surface area contributed by atoms with Gasteiger partial charge in [0.05, 0.1) is 6.07 Å². The minimum absolute atomic E-state index is 0.165. The number of hydrogen-bond donors (Lipinski definition) is 1. The summed E-state index contributed by atoms with van der Waals surface area (Å²) in [6.07, 6.45) is 2.15. The minimum atomic E-state index is -0.915. The zero-order valence-electron chi connectivity index (χ0n) is 10.3. The normalized spacial score (nSPS) is 22.9. The Morgan fingerprint density at radius 2 is 2.12 bits per heavy atom. The average molecular weight is 224 g/mol. The molecule has 4 heteroatoms. The van der Waals surface area contributed by atoms with Crippen LogP contribution in [0.2, 0.25) is 0 Å². The lowest BCUT2D eigenvalue weighted by Gasteiger charge is -2.36. The molecule has 1 heterocycles. The summed E-state index contributed by atoms with van der Waals surface area (Å²) in [4.78, 5) is 12.0. The SMILES string of the molecule is CCC(C)(C#N)C(=O)NC1(C)CCOCC1. The van der Waals surface area contributed by atoms with Gasteiger partial charge >= 0.3 is 0 Å². The second-order valence-electron chi connectivity index (χ2n) is 4.92. The van der Waals surface area contributed by atoms with Gasteiger partial charge in [0.25, 0.3) is 0 Å². The van der Waals surface area contributed by atoms with Gasteiger partial charge in [-0.05, 0) is 33.1 Å². The quantitative estimate of drug-likeness (QED) is 0.792. The van der Waals surface area contributed by atoms with Crippen LogP contribution in [0.25, 0.3) is 0 Å². The van der Waals surface area contributed by atoms with Crippen LogP contribution in [0.5, 0.6) is 0 Å². The molecule has 1 aliphatic rings. The number of nitriles is 1. The zero-order chi connectivity index (χ0) is 12.2. The number of nitrogens with zero attached hydrogens (tertiary/aromatic N) is 1. The van der Waals surface area contributed by atoms with Gasteiger partial charge in [0, 0.05) is 18.8 Å². The third-order valence-electron chi connectivity index (χ3n) is 3.47. The molecule has 0 aromatic heterocycles. The van der Waals surface area contributed by atoms with Gasteiger partial charge in [0.2, 0.25) is 5.91 Å². The molecule has 1 N–H and O–H groups in total. The van der Waals surface area contributed by atoms with Crippen molar-refractivity contribution in [2.75, 3.05) is 13.2 Å². The Labute approximate surface area is 97.0 Å². The third kappa shape index (κ3) is 2.73. The largest absolute Gasteiger partial charge is 0.381 e. The van der Waals surface area contributed by atoms with E-state index in [0.29, 0.717) is 19.6 Å². The number of carbonyl (C=O) groups is 1. The number of ether oxygens (including phenoxy) is 1. The fraction of sp³-hybridized carbons (Fsp3) is 0.833. The molecular formula is C12H20N2O2. The molecule has 1 aliphatic heterocycles. The predicted molar refractivity (Wildman–Crippen MR) is 60.6 cm³/mol. The van der Waals surface area contributed by atoms with E-state index in [-0.39, 0.29) is 11.4 Å². The van der Waals surface area contributed by atoms with Crippen LogP contribution in [-0.4, -0.2) is 24.7 Å². The van der Waals surface area contributed by atoms with Crippen molar-refractivity contribution in [1.82, 2.24) is 5.32 Å². The Kier molecular flexibility index (Phi) is 3.93. The van der Waals surface area contributed by atoms with E-state index in [0.717, 1.165) is 12.8 Å². The first-order valence-corrected chi connectivity index (χ1v) is 5.77. The van der Waals surface area contributed by atoms with Gasteiger partial charge in [-0.15, -0.1) is 0 Å². The van der Waals surface area contributed by atoms with Crippen molar-refractivity contribution in [2.45, 2.75) is 45.6 Å². The summed E-state index contributed by atoms with van der Waals surface area (Å²) in [5, 5.41) is 12.0. The van der Waals surface area contributed by atoms with Crippen molar-refractivity contribution in [3.63, 3.8) is 0 Å². The molecule has 1 atom stereocenters. The maximum atomic E-state index is 12.0. The third-order valence-corrected chi connectivity index (χ3v) is 3.47. The summed E-state index contributed by atoms with van der Waals surface area (Å²) in [5.74, 6) is -0.165. The van der Waals surface area contributed by atoms with Crippen LogP contribution in [0.15, 0.2) is 0 Å². The van der Waals surface area contributed by atoms with Crippen LogP contribution < -0.4 is 5.32 Å². The molecule has 0 spiro atoms. The molecule has 0 saturated carbocycles. The van der Waals surface area contributed by atoms with Gasteiger partial charge < -0.3 is 10.1 Å². The van der Waals surface area contributed by atoms with Crippen LogP contribution in [0.4, 0.5) is 0 Å². The smallest absolute Gasteiger partial charge is 0.240 e. The minimum Gasteiger partial charge on any atom is -0.381 e. The molecule has 0 radical (unpaired) electrons. The zero-order valence-corrected chi connectivity index (χ0v) is 10.3. The van der Waals surface area contributed by atoms with Gasteiger partial charge in [-0.2, -0.15) is 5.26 Å². The van der Waals surface area contributed by atoms with E-state index in [2.05, 4.69) is 11.4 Å². The monoisotopic (exact) mass is 224 g/mol. The van der Waals surface area contributed by atoms with Crippen LogP contribution in [0.1, 0.15) is 40.0 Å². The fourth-order valence-corrected chi connectivity index (χ4v) is 1.65. The van der Waals surface area contributed by atoms with Crippen molar-refractivity contribution in [2.24, 2.45) is 5.41 Å². The highest BCUT2D eigenvalue weighted by molar-refractivity contribution is 5.85. The lowest BCUT2D eigenvalue weighted by atomic mass is 9.85. The van der Waals surface area contributed by atoms with Crippen molar-refractivity contribution >= 4 is 5.91 Å². The van der Waals surface area contributed by atoms with E-state index in [9.17, 15) is 4.79 Å². The number of carbonyl (C=O) groups excluding carboxylic acids is 1. The number of hydrogen-bond acceptors (Lipinski definition) is 3. The fourth-order valence-electron chi connectivity index (χ4n) is 1.65. The average Bonchev–Trinajstić information content (AvgIpc) is 2.28. The second kappa shape index (κ2) is 4.84. The van der Waals surface area contributed by atoms with Gasteiger partial charge in [-0.25, -0.2) is 0 Å². The Morgan fingerprint density at radius 1 is 1.56 bits per heavy atom. The summed E-state index contributed by atoms with van der Waals surface area (Å²) < 4.78 is 5.27. The van der Waals surface area contributed by atoms with Crippen LogP contribution in [0, 0.1) is 16.7 Å². The molecule has 0 aliphatic carbocycles. The summed E-state index contributed by atoms with van der Waals surface area (Å²) in [7, 11) is 0. The number of amides is 1. The Morgan fingerprint density at radius 3 is 2.56 bits per heavy atom. The van der Waals surface area contributed by atoms with E-state index >= 15 is 0 Å². The van der Waals surface area contributed by atoms with Gasteiger partial charge in [0.1, 0.15) is 5.41 Å². The summed E-state index contributed by atoms with van der Waals surface area (Å²) in [6, 6.07) is 2.09. The molecule has 1 fully saturated rings. The molecule has 0 aromatic rings. The predicted octanol–water partition coefficient (Wildman–Crippen LogP) is 1.61. The molecule has 1 saturated heterocycles. The lowest BCUT2D eigenvalue weighted by molar-refractivity contribution is -0.130. The van der Waals surface area contributed by atoms with Crippen molar-refractivity contribution in [1.29, 1.82) is 5.26 Å². The maximum absolute atomic E-state index is 12.0. The highest BCUT2D eigenvalue weighted by Crippen LogP contribution is 2.25. The molecule has 16 heavy (non-hydrogen) atoms. The molecule has 4 nitrogen and oxygen atoms in total. The highest BCUT2D eigenvalue weighted by Gasteiger charge is 2.37. The first kappa shape index (κ1) is 13.0. The Balaban J connectivity index is 2.66. The van der Waals surface area contributed by atoms with Crippen LogP contribution in [-0.2, 0) is 9.53 Å². The second-order valence-corrected chi connectivity index (χ2v) is 4.92.